The molecule has 0 saturated carbocycles. The minimum absolute atomic E-state index is 0.0515. The Bertz CT molecular complexity index is 1590. The van der Waals surface area contributed by atoms with Crippen LogP contribution in [0.4, 0.5) is 5.69 Å². The van der Waals surface area contributed by atoms with Gasteiger partial charge in [-0.2, -0.15) is 0 Å². The third-order valence-electron chi connectivity index (χ3n) is 5.28. The number of ether oxygens (including phenoxy) is 3. The highest BCUT2D eigenvalue weighted by molar-refractivity contribution is 7.90. The lowest BCUT2D eigenvalue weighted by molar-refractivity contribution is 0.0335. The van der Waals surface area contributed by atoms with Gasteiger partial charge in [-0.3, -0.25) is 4.79 Å². The van der Waals surface area contributed by atoms with Gasteiger partial charge in [-0.1, -0.05) is 0 Å². The molecule has 2 heterocycles. The van der Waals surface area contributed by atoms with Crippen LogP contribution in [0.15, 0.2) is 59.8 Å². The number of carbonyl (C=O) groups excluding carboxylic acids is 2. The molecule has 39 heavy (non-hydrogen) atoms. The Labute approximate surface area is 224 Å². The lowest BCUT2D eigenvalue weighted by Crippen LogP contribution is -2.22. The van der Waals surface area contributed by atoms with E-state index in [0.717, 1.165) is 6.26 Å². The molecule has 4 rings (SSSR count). The molecular weight excluding hydrogens is 526 g/mol. The van der Waals surface area contributed by atoms with E-state index in [4.69, 9.17) is 14.2 Å². The second-order valence-corrected chi connectivity index (χ2v) is 10.8. The van der Waals surface area contributed by atoms with Crippen molar-refractivity contribution >= 4 is 27.4 Å². The number of aryl methyl sites for hydroxylation is 2. The molecule has 0 aliphatic rings. The fourth-order valence-electron chi connectivity index (χ4n) is 3.46. The molecule has 0 radical (unpaired) electrons. The van der Waals surface area contributed by atoms with Crippen molar-refractivity contribution in [2.24, 2.45) is 0 Å². The van der Waals surface area contributed by atoms with E-state index < -0.39 is 27.8 Å². The predicted octanol–water partition coefficient (Wildman–Crippen LogP) is 3.82. The van der Waals surface area contributed by atoms with Gasteiger partial charge in [-0.15, -0.1) is 0 Å². The first-order valence-electron chi connectivity index (χ1n) is 11.8. The molecule has 3 N–H and O–H groups in total. The molecule has 2 aromatic carbocycles. The van der Waals surface area contributed by atoms with Gasteiger partial charge < -0.3 is 29.5 Å². The van der Waals surface area contributed by atoms with E-state index in [2.05, 4.69) is 25.3 Å². The van der Waals surface area contributed by atoms with Gasteiger partial charge in [0.15, 0.2) is 9.84 Å². The summed E-state index contributed by atoms with van der Waals surface area (Å²) in [6.07, 6.45) is 3.38. The van der Waals surface area contributed by atoms with Crippen LogP contribution in [0.5, 0.6) is 17.2 Å². The van der Waals surface area contributed by atoms with Gasteiger partial charge in [0.25, 0.3) is 5.91 Å². The number of nitrogens with one attached hydrogen (secondary N) is 3. The van der Waals surface area contributed by atoms with E-state index in [0.29, 0.717) is 34.6 Å². The summed E-state index contributed by atoms with van der Waals surface area (Å²) in [5, 5.41) is 2.77. The van der Waals surface area contributed by atoms with E-state index in [1.807, 2.05) is 0 Å². The summed E-state index contributed by atoms with van der Waals surface area (Å²) < 4.78 is 40.7. The third-order valence-corrected chi connectivity index (χ3v) is 6.41. The molecule has 1 atom stereocenters. The van der Waals surface area contributed by atoms with Crippen LogP contribution >= 0.6 is 0 Å². The molecule has 1 unspecified atom stereocenters. The SMILES string of the molecule is Cc1ncc(C(=O)Nc2cc(Oc3ccc(S(C)(=O)=O)cc3)cc(OC(C)COC(=O)c3cnc(C)[nH]3)c2)[nH]1. The molecule has 1 amide bonds. The highest BCUT2D eigenvalue weighted by Crippen LogP contribution is 2.31. The smallest absolute Gasteiger partial charge is 0.356 e. The van der Waals surface area contributed by atoms with E-state index in [1.54, 1.807) is 39.0 Å². The number of hydrogen-bond acceptors (Lipinski definition) is 9. The lowest BCUT2D eigenvalue weighted by atomic mass is 10.2. The minimum Gasteiger partial charge on any atom is -0.487 e. The second kappa shape index (κ2) is 11.4. The predicted molar refractivity (Wildman–Crippen MR) is 141 cm³/mol. The molecule has 0 fully saturated rings. The highest BCUT2D eigenvalue weighted by Gasteiger charge is 2.16. The number of amides is 1. The van der Waals surface area contributed by atoms with E-state index in [1.165, 1.54) is 36.7 Å². The van der Waals surface area contributed by atoms with Crippen molar-refractivity contribution in [3.8, 4) is 17.2 Å². The summed E-state index contributed by atoms with van der Waals surface area (Å²) in [5.74, 6) is 1.21. The topological polar surface area (TPSA) is 165 Å². The Kier molecular flexibility index (Phi) is 8.00. The molecule has 13 heteroatoms. The Morgan fingerprint density at radius 1 is 0.923 bits per heavy atom. The first-order valence-corrected chi connectivity index (χ1v) is 13.7. The number of H-pyrrole nitrogens is 2. The van der Waals surface area contributed by atoms with Gasteiger partial charge in [0, 0.05) is 30.1 Å². The van der Waals surface area contributed by atoms with Gasteiger partial charge in [0.2, 0.25) is 0 Å². The zero-order valence-corrected chi connectivity index (χ0v) is 22.5. The molecule has 2 aromatic heterocycles. The van der Waals surface area contributed by atoms with Crippen LogP contribution in [0.3, 0.4) is 0 Å². The minimum atomic E-state index is -3.36. The molecular formula is C26H27N5O7S. The molecule has 0 aliphatic carbocycles. The van der Waals surface area contributed by atoms with Crippen LogP contribution in [0.25, 0.3) is 0 Å². The number of rotatable bonds is 10. The zero-order valence-electron chi connectivity index (χ0n) is 21.6. The molecule has 0 spiro atoms. The van der Waals surface area contributed by atoms with Crippen molar-refractivity contribution in [1.82, 2.24) is 19.9 Å². The number of carbonyl (C=O) groups is 2. The number of esters is 1. The van der Waals surface area contributed by atoms with Crippen molar-refractivity contribution in [2.75, 3.05) is 18.2 Å². The molecule has 0 bridgehead atoms. The number of hydrogen-bond donors (Lipinski definition) is 3. The van der Waals surface area contributed by atoms with Gasteiger partial charge in [-0.05, 0) is 45.0 Å². The van der Waals surface area contributed by atoms with Crippen LogP contribution in [0.2, 0.25) is 0 Å². The van der Waals surface area contributed by atoms with Crippen LogP contribution in [0.1, 0.15) is 39.5 Å². The van der Waals surface area contributed by atoms with Crippen LogP contribution in [0, 0.1) is 13.8 Å². The number of aromatic amines is 2. The lowest BCUT2D eigenvalue weighted by Gasteiger charge is -2.17. The van der Waals surface area contributed by atoms with Crippen molar-refractivity contribution in [3.05, 3.63) is 77.9 Å². The van der Waals surface area contributed by atoms with Gasteiger partial charge >= 0.3 is 5.97 Å². The largest absolute Gasteiger partial charge is 0.487 e. The van der Waals surface area contributed by atoms with Crippen molar-refractivity contribution in [1.29, 1.82) is 0 Å². The fourth-order valence-corrected chi connectivity index (χ4v) is 4.09. The Morgan fingerprint density at radius 2 is 1.54 bits per heavy atom. The number of anilines is 1. The summed E-state index contributed by atoms with van der Waals surface area (Å²) in [5.41, 5.74) is 0.868. The Balaban J connectivity index is 1.51. The summed E-state index contributed by atoms with van der Waals surface area (Å²) >= 11 is 0. The average Bonchev–Trinajstić information content (AvgIpc) is 3.50. The summed E-state index contributed by atoms with van der Waals surface area (Å²) in [4.78, 5) is 38.7. The molecule has 12 nitrogen and oxygen atoms in total. The van der Waals surface area contributed by atoms with Crippen LogP contribution in [-0.2, 0) is 14.6 Å². The zero-order chi connectivity index (χ0) is 28.2. The van der Waals surface area contributed by atoms with Crippen LogP contribution < -0.4 is 14.8 Å². The first kappa shape index (κ1) is 27.4. The maximum Gasteiger partial charge on any atom is 0.356 e. The van der Waals surface area contributed by atoms with Crippen molar-refractivity contribution in [2.45, 2.75) is 31.8 Å². The normalized spacial score (nSPS) is 12.0. The van der Waals surface area contributed by atoms with Crippen LogP contribution in [-0.4, -0.2) is 59.2 Å². The number of benzene rings is 2. The number of sulfone groups is 1. The summed E-state index contributed by atoms with van der Waals surface area (Å²) in [6.45, 7) is 5.12. The molecule has 4 aromatic rings. The van der Waals surface area contributed by atoms with E-state index in [-0.39, 0.29) is 22.9 Å². The fraction of sp³-hybridized carbons (Fsp3) is 0.231. The number of nitrogens with zero attached hydrogens (tertiary/aromatic N) is 2. The molecule has 0 aliphatic heterocycles. The van der Waals surface area contributed by atoms with E-state index >= 15 is 0 Å². The summed E-state index contributed by atoms with van der Waals surface area (Å²) in [7, 11) is -3.36. The van der Waals surface area contributed by atoms with Gasteiger partial charge in [0.05, 0.1) is 17.3 Å². The van der Waals surface area contributed by atoms with Crippen molar-refractivity contribution < 1.29 is 32.2 Å². The number of imidazole rings is 2. The monoisotopic (exact) mass is 553 g/mol. The standard InChI is InChI=1S/C26H27N5O7S/c1-15(14-36-26(33)24-13-28-17(3)30-24)37-20-9-18(31-25(32)23-12-27-16(2)29-23)10-21(11-20)38-19-5-7-22(8-6-19)39(4,34)35/h5-13,15H,14H2,1-4H3,(H,27,29)(H,28,30)(H,31,32). The third kappa shape index (κ3) is 7.45. The average molecular weight is 554 g/mol. The molecule has 204 valence electrons. The Hall–Kier alpha value is -4.65. The van der Waals surface area contributed by atoms with Gasteiger partial charge in [0.1, 0.15) is 53.0 Å². The van der Waals surface area contributed by atoms with Gasteiger partial charge in [-0.25, -0.2) is 23.2 Å². The maximum atomic E-state index is 12.7. The molecule has 0 saturated heterocycles. The van der Waals surface area contributed by atoms with E-state index in [9.17, 15) is 18.0 Å². The number of aromatic nitrogens is 4. The Morgan fingerprint density at radius 3 is 2.13 bits per heavy atom. The summed E-state index contributed by atoms with van der Waals surface area (Å²) in [6, 6.07) is 10.7. The maximum absolute atomic E-state index is 12.7. The van der Waals surface area contributed by atoms with Crippen molar-refractivity contribution in [3.63, 3.8) is 0 Å². The first-order chi connectivity index (χ1) is 18.5. The quantitative estimate of drug-likeness (QED) is 0.247. The second-order valence-electron chi connectivity index (χ2n) is 8.78. The highest BCUT2D eigenvalue weighted by atomic mass is 32.2.